The first kappa shape index (κ1) is 17.0. The Balaban J connectivity index is 2.62. The molecule has 7 heteroatoms. The Bertz CT molecular complexity index is 532. The second-order valence-corrected chi connectivity index (χ2v) is 4.89. The van der Waals surface area contributed by atoms with E-state index in [-0.39, 0.29) is 10.6 Å². The SMILES string of the molecule is CCCCNC(=S)N/N=C\c1ccc(CC)c([N+](=O)[O-])c1. The normalized spacial score (nSPS) is 10.6. The van der Waals surface area contributed by atoms with Crippen LogP contribution in [0.15, 0.2) is 23.3 Å². The summed E-state index contributed by atoms with van der Waals surface area (Å²) in [5, 5.41) is 18.4. The van der Waals surface area contributed by atoms with Gasteiger partial charge in [0.1, 0.15) is 0 Å². The predicted molar refractivity (Wildman–Crippen MR) is 88.7 cm³/mol. The highest BCUT2D eigenvalue weighted by Crippen LogP contribution is 2.19. The number of nitrogens with zero attached hydrogens (tertiary/aromatic N) is 2. The fourth-order valence-electron chi connectivity index (χ4n) is 1.71. The lowest BCUT2D eigenvalue weighted by atomic mass is 10.1. The number of rotatable bonds is 7. The molecule has 1 aromatic carbocycles. The lowest BCUT2D eigenvalue weighted by Gasteiger charge is -2.05. The van der Waals surface area contributed by atoms with Crippen LogP contribution in [0.1, 0.15) is 37.8 Å². The van der Waals surface area contributed by atoms with Crippen molar-refractivity contribution >= 4 is 29.2 Å². The third-order valence-electron chi connectivity index (χ3n) is 2.88. The maximum Gasteiger partial charge on any atom is 0.273 e. The van der Waals surface area contributed by atoms with Crippen molar-refractivity contribution in [2.24, 2.45) is 5.10 Å². The Kier molecular flexibility index (Phi) is 7.31. The third-order valence-corrected chi connectivity index (χ3v) is 3.12. The van der Waals surface area contributed by atoms with E-state index in [0.29, 0.717) is 22.7 Å². The minimum atomic E-state index is -0.374. The topological polar surface area (TPSA) is 79.6 Å². The van der Waals surface area contributed by atoms with Gasteiger partial charge in [0.05, 0.1) is 11.1 Å². The lowest BCUT2D eigenvalue weighted by molar-refractivity contribution is -0.385. The van der Waals surface area contributed by atoms with Gasteiger partial charge >= 0.3 is 0 Å². The monoisotopic (exact) mass is 308 g/mol. The molecule has 0 aliphatic heterocycles. The van der Waals surface area contributed by atoms with Crippen LogP contribution in [0, 0.1) is 10.1 Å². The highest BCUT2D eigenvalue weighted by molar-refractivity contribution is 7.80. The molecule has 1 rings (SSSR count). The second-order valence-electron chi connectivity index (χ2n) is 4.48. The van der Waals surface area contributed by atoms with E-state index in [2.05, 4.69) is 22.8 Å². The van der Waals surface area contributed by atoms with Crippen molar-refractivity contribution in [2.45, 2.75) is 33.1 Å². The molecule has 0 heterocycles. The maximum atomic E-state index is 11.0. The van der Waals surface area contributed by atoms with E-state index in [4.69, 9.17) is 12.2 Å². The molecule has 0 bridgehead atoms. The molecule has 0 unspecified atom stereocenters. The zero-order valence-corrected chi connectivity index (χ0v) is 13.1. The van der Waals surface area contributed by atoms with E-state index in [1.54, 1.807) is 12.1 Å². The predicted octanol–water partition coefficient (Wildman–Crippen LogP) is 2.76. The summed E-state index contributed by atoms with van der Waals surface area (Å²) in [6, 6.07) is 5.06. The zero-order valence-electron chi connectivity index (χ0n) is 12.3. The largest absolute Gasteiger partial charge is 0.361 e. The first-order valence-corrected chi connectivity index (χ1v) is 7.33. The van der Waals surface area contributed by atoms with Crippen molar-refractivity contribution in [3.8, 4) is 0 Å². The quantitative estimate of drug-likeness (QED) is 0.266. The average Bonchev–Trinajstić information content (AvgIpc) is 2.47. The van der Waals surface area contributed by atoms with E-state index in [0.717, 1.165) is 19.4 Å². The number of hydrogen-bond acceptors (Lipinski definition) is 4. The number of hydrazone groups is 1. The second kappa shape index (κ2) is 9.02. The van der Waals surface area contributed by atoms with Crippen molar-refractivity contribution < 1.29 is 4.92 Å². The molecule has 21 heavy (non-hydrogen) atoms. The number of aryl methyl sites for hydroxylation is 1. The third kappa shape index (κ3) is 5.86. The van der Waals surface area contributed by atoms with E-state index < -0.39 is 0 Å². The van der Waals surface area contributed by atoms with Gasteiger partial charge in [0.2, 0.25) is 0 Å². The Labute approximate surface area is 129 Å². The zero-order chi connectivity index (χ0) is 15.7. The fourth-order valence-corrected chi connectivity index (χ4v) is 1.87. The van der Waals surface area contributed by atoms with Gasteiger partial charge in [0.15, 0.2) is 5.11 Å². The highest BCUT2D eigenvalue weighted by Gasteiger charge is 2.12. The average molecular weight is 308 g/mol. The molecule has 1 aromatic rings. The van der Waals surface area contributed by atoms with E-state index in [1.807, 2.05) is 6.92 Å². The molecule has 0 atom stereocenters. The van der Waals surface area contributed by atoms with Gasteiger partial charge < -0.3 is 5.32 Å². The summed E-state index contributed by atoms with van der Waals surface area (Å²) in [5.74, 6) is 0. The van der Waals surface area contributed by atoms with Crippen molar-refractivity contribution in [1.29, 1.82) is 0 Å². The van der Waals surface area contributed by atoms with Crippen LogP contribution in [0.5, 0.6) is 0 Å². The summed E-state index contributed by atoms with van der Waals surface area (Å²) < 4.78 is 0. The van der Waals surface area contributed by atoms with Gasteiger partial charge in [0.25, 0.3) is 5.69 Å². The number of hydrogen-bond donors (Lipinski definition) is 2. The Morgan fingerprint density at radius 2 is 2.24 bits per heavy atom. The Morgan fingerprint density at radius 1 is 1.48 bits per heavy atom. The Morgan fingerprint density at radius 3 is 2.86 bits per heavy atom. The van der Waals surface area contributed by atoms with Gasteiger partial charge in [0, 0.05) is 23.7 Å². The molecule has 6 nitrogen and oxygen atoms in total. The minimum Gasteiger partial charge on any atom is -0.361 e. The number of benzene rings is 1. The van der Waals surface area contributed by atoms with Crippen LogP contribution in [0.3, 0.4) is 0 Å². The molecule has 0 saturated carbocycles. The van der Waals surface area contributed by atoms with Gasteiger partial charge in [-0.15, -0.1) is 0 Å². The van der Waals surface area contributed by atoms with Crippen LogP contribution < -0.4 is 10.7 Å². The number of thiocarbonyl (C=S) groups is 1. The molecule has 0 aliphatic rings. The molecule has 114 valence electrons. The number of nitro benzene ring substituents is 1. The number of nitro groups is 1. The van der Waals surface area contributed by atoms with Crippen LogP contribution in [-0.2, 0) is 6.42 Å². The molecule has 0 fully saturated rings. The highest BCUT2D eigenvalue weighted by atomic mass is 32.1. The minimum absolute atomic E-state index is 0.116. The standard InChI is InChI=1S/C14H20N4O2S/c1-3-5-8-15-14(21)17-16-10-11-6-7-12(4-2)13(9-11)18(19)20/h6-7,9-10H,3-5,8H2,1-2H3,(H2,15,17,21)/b16-10-. The van der Waals surface area contributed by atoms with Crippen molar-refractivity contribution in [2.75, 3.05) is 6.54 Å². The fraction of sp³-hybridized carbons (Fsp3) is 0.429. The molecule has 2 N–H and O–H groups in total. The number of unbranched alkanes of at least 4 members (excludes halogenated alkanes) is 1. The first-order chi connectivity index (χ1) is 10.1. The molecule has 0 amide bonds. The first-order valence-electron chi connectivity index (χ1n) is 6.92. The van der Waals surface area contributed by atoms with Crippen molar-refractivity contribution in [3.05, 3.63) is 39.4 Å². The molecule has 0 radical (unpaired) electrons. The van der Waals surface area contributed by atoms with Crippen molar-refractivity contribution in [1.82, 2.24) is 10.7 Å². The van der Waals surface area contributed by atoms with Gasteiger partial charge in [-0.1, -0.05) is 32.4 Å². The smallest absolute Gasteiger partial charge is 0.273 e. The molecule has 0 saturated heterocycles. The molecule has 0 aliphatic carbocycles. The van der Waals surface area contributed by atoms with E-state index in [1.165, 1.54) is 12.3 Å². The molecular formula is C14H20N4O2S. The summed E-state index contributed by atoms with van der Waals surface area (Å²) in [7, 11) is 0. The molecule has 0 spiro atoms. The van der Waals surface area contributed by atoms with Crippen LogP contribution in [0.4, 0.5) is 5.69 Å². The summed E-state index contributed by atoms with van der Waals surface area (Å²) in [6.07, 6.45) is 4.26. The Hall–Kier alpha value is -2.02. The van der Waals surface area contributed by atoms with Crippen LogP contribution in [0.25, 0.3) is 0 Å². The van der Waals surface area contributed by atoms with Crippen LogP contribution in [-0.4, -0.2) is 22.8 Å². The summed E-state index contributed by atoms with van der Waals surface area (Å²) in [4.78, 5) is 10.6. The van der Waals surface area contributed by atoms with E-state index >= 15 is 0 Å². The molecule has 0 aromatic heterocycles. The van der Waals surface area contributed by atoms with E-state index in [9.17, 15) is 10.1 Å². The number of nitrogens with one attached hydrogen (secondary N) is 2. The van der Waals surface area contributed by atoms with Gasteiger partial charge in [-0.2, -0.15) is 5.10 Å². The van der Waals surface area contributed by atoms with Gasteiger partial charge in [-0.05, 0) is 25.1 Å². The van der Waals surface area contributed by atoms with Crippen LogP contribution >= 0.6 is 12.2 Å². The lowest BCUT2D eigenvalue weighted by Crippen LogP contribution is -2.32. The van der Waals surface area contributed by atoms with Gasteiger partial charge in [-0.3, -0.25) is 15.5 Å². The summed E-state index contributed by atoms with van der Waals surface area (Å²) >= 11 is 5.05. The molecular weight excluding hydrogens is 288 g/mol. The maximum absolute atomic E-state index is 11.0. The summed E-state index contributed by atoms with van der Waals surface area (Å²) in [5.41, 5.74) is 4.17. The summed E-state index contributed by atoms with van der Waals surface area (Å²) in [6.45, 7) is 4.79. The van der Waals surface area contributed by atoms with Crippen molar-refractivity contribution in [3.63, 3.8) is 0 Å². The van der Waals surface area contributed by atoms with Gasteiger partial charge in [-0.25, -0.2) is 0 Å². The van der Waals surface area contributed by atoms with Crippen LogP contribution in [0.2, 0.25) is 0 Å².